The molecule has 1 amide bonds. The summed E-state index contributed by atoms with van der Waals surface area (Å²) in [7, 11) is 1.39. The van der Waals surface area contributed by atoms with Gasteiger partial charge in [-0.2, -0.15) is 0 Å². The van der Waals surface area contributed by atoms with Crippen molar-refractivity contribution in [3.8, 4) is 5.75 Å². The number of carbonyl (C=O) groups is 1. The molecule has 1 aromatic rings. The van der Waals surface area contributed by atoms with Crippen LogP contribution in [0.5, 0.6) is 5.75 Å². The van der Waals surface area contributed by atoms with Crippen molar-refractivity contribution in [2.24, 2.45) is 0 Å². The summed E-state index contributed by atoms with van der Waals surface area (Å²) >= 11 is 10.6. The zero-order valence-electron chi connectivity index (χ0n) is 7.13. The summed E-state index contributed by atoms with van der Waals surface area (Å²) in [6.07, 6.45) is 0. The monoisotopic (exact) mass is 237 g/mol. The molecule has 0 radical (unpaired) electrons. The minimum Gasteiger partial charge on any atom is -0.495 e. The number of halogens is 3. The van der Waals surface area contributed by atoms with Crippen LogP contribution in [-0.2, 0) is 0 Å². The van der Waals surface area contributed by atoms with Crippen molar-refractivity contribution < 1.29 is 14.0 Å². The molecule has 1 rings (SSSR count). The first-order valence-electron chi connectivity index (χ1n) is 3.55. The van der Waals surface area contributed by atoms with Gasteiger partial charge in [0.2, 0.25) is 0 Å². The zero-order valence-corrected chi connectivity index (χ0v) is 8.64. The van der Waals surface area contributed by atoms with Gasteiger partial charge >= 0.3 is 5.37 Å². The molecule has 0 unspecified atom stereocenters. The molecular formula is C8H6Cl2FNO2. The van der Waals surface area contributed by atoms with Crippen LogP contribution in [0.4, 0.5) is 15.0 Å². The average molecular weight is 238 g/mol. The van der Waals surface area contributed by atoms with Gasteiger partial charge in [0.25, 0.3) is 0 Å². The second kappa shape index (κ2) is 4.48. The highest BCUT2D eigenvalue weighted by Gasteiger charge is 2.14. The fourth-order valence-electron chi connectivity index (χ4n) is 0.872. The first-order valence-corrected chi connectivity index (χ1v) is 4.30. The summed E-state index contributed by atoms with van der Waals surface area (Å²) in [6.45, 7) is 0. The first-order chi connectivity index (χ1) is 6.56. The minimum absolute atomic E-state index is 0.0359. The Balaban J connectivity index is 3.06. The van der Waals surface area contributed by atoms with Crippen LogP contribution in [0.25, 0.3) is 0 Å². The number of hydrogen-bond acceptors (Lipinski definition) is 2. The van der Waals surface area contributed by atoms with Gasteiger partial charge in [-0.1, -0.05) is 16.1 Å². The smallest absolute Gasteiger partial charge is 0.349 e. The van der Waals surface area contributed by atoms with Crippen LogP contribution in [0, 0.1) is 0 Å². The maximum absolute atomic E-state index is 13.0. The third kappa shape index (κ3) is 2.27. The van der Waals surface area contributed by atoms with E-state index in [1.54, 1.807) is 0 Å². The Morgan fingerprint density at radius 3 is 2.71 bits per heavy atom. The molecule has 0 saturated heterocycles. The molecule has 0 bridgehead atoms. The number of rotatable bonds is 2. The molecule has 0 fully saturated rings. The van der Waals surface area contributed by atoms with Gasteiger partial charge in [-0.05, 0) is 23.7 Å². The van der Waals surface area contributed by atoms with E-state index in [-0.39, 0.29) is 16.6 Å². The van der Waals surface area contributed by atoms with Gasteiger partial charge in [-0.15, -0.1) is 5.12 Å². The first kappa shape index (κ1) is 11.1. The Hall–Kier alpha value is -1.00. The molecule has 0 aromatic heterocycles. The topological polar surface area (TPSA) is 29.5 Å². The van der Waals surface area contributed by atoms with Gasteiger partial charge < -0.3 is 4.74 Å². The van der Waals surface area contributed by atoms with Gasteiger partial charge in [0, 0.05) is 6.07 Å². The molecule has 0 spiro atoms. The maximum atomic E-state index is 13.0. The molecule has 3 nitrogen and oxygen atoms in total. The molecular weight excluding hydrogens is 232 g/mol. The molecule has 0 atom stereocenters. The lowest BCUT2D eigenvalue weighted by molar-refractivity contribution is 0.253. The van der Waals surface area contributed by atoms with E-state index in [4.69, 9.17) is 27.9 Å². The standard InChI is InChI=1S/C8H6Cl2FNO2/c1-14-7-4-5(2-3-6(7)9)12(11)8(10)13/h2-4H,1H3. The summed E-state index contributed by atoms with van der Waals surface area (Å²) in [6, 6.07) is 3.98. The minimum atomic E-state index is -1.23. The molecule has 6 heteroatoms. The summed E-state index contributed by atoms with van der Waals surface area (Å²) in [5.74, 6) is 0.268. The summed E-state index contributed by atoms with van der Waals surface area (Å²) < 4.78 is 17.8. The number of benzene rings is 1. The van der Waals surface area contributed by atoms with Crippen molar-refractivity contribution in [1.29, 1.82) is 0 Å². The zero-order chi connectivity index (χ0) is 10.7. The molecule has 0 aliphatic carbocycles. The van der Waals surface area contributed by atoms with Gasteiger partial charge in [-0.3, -0.25) is 4.79 Å². The van der Waals surface area contributed by atoms with Gasteiger partial charge in [-0.25, -0.2) is 0 Å². The highest BCUT2D eigenvalue weighted by molar-refractivity contribution is 6.65. The summed E-state index contributed by atoms with van der Waals surface area (Å²) in [5, 5.41) is -1.11. The van der Waals surface area contributed by atoms with E-state index >= 15 is 0 Å². The Morgan fingerprint density at radius 1 is 1.57 bits per heavy atom. The Kier molecular flexibility index (Phi) is 3.55. The highest BCUT2D eigenvalue weighted by Crippen LogP contribution is 2.29. The number of amides is 1. The summed E-state index contributed by atoms with van der Waals surface area (Å²) in [5.41, 5.74) is -0.0359. The highest BCUT2D eigenvalue weighted by atomic mass is 35.5. The van der Waals surface area contributed by atoms with Crippen LogP contribution >= 0.6 is 23.2 Å². The molecule has 0 aliphatic heterocycles. The van der Waals surface area contributed by atoms with Gasteiger partial charge in [0.15, 0.2) is 0 Å². The van der Waals surface area contributed by atoms with Crippen LogP contribution < -0.4 is 9.86 Å². The van der Waals surface area contributed by atoms with Crippen molar-refractivity contribution in [1.82, 2.24) is 0 Å². The lowest BCUT2D eigenvalue weighted by atomic mass is 10.3. The van der Waals surface area contributed by atoms with E-state index in [2.05, 4.69) is 0 Å². The second-order valence-electron chi connectivity index (χ2n) is 2.35. The molecule has 0 aliphatic rings. The average Bonchev–Trinajstić information content (AvgIpc) is 2.17. The molecule has 76 valence electrons. The molecule has 0 heterocycles. The van der Waals surface area contributed by atoms with E-state index in [0.717, 1.165) is 0 Å². The quantitative estimate of drug-likeness (QED) is 0.449. The fraction of sp³-hybridized carbons (Fsp3) is 0.125. The second-order valence-corrected chi connectivity index (χ2v) is 3.08. The number of carbonyl (C=O) groups excluding carboxylic acids is 1. The molecule has 0 saturated carbocycles. The predicted molar refractivity (Wildman–Crippen MR) is 52.8 cm³/mol. The normalized spacial score (nSPS) is 9.71. The lowest BCUT2D eigenvalue weighted by Crippen LogP contribution is -2.13. The molecule has 14 heavy (non-hydrogen) atoms. The number of anilines is 1. The molecule has 1 aromatic carbocycles. The Bertz CT molecular complexity index is 359. The number of methoxy groups -OCH3 is 1. The number of ether oxygens (including phenoxy) is 1. The van der Waals surface area contributed by atoms with Crippen molar-refractivity contribution in [2.75, 3.05) is 12.2 Å². The van der Waals surface area contributed by atoms with Crippen molar-refractivity contribution in [2.45, 2.75) is 0 Å². The SMILES string of the molecule is COc1cc(N(F)C(=O)Cl)ccc1Cl. The molecule has 0 N–H and O–H groups in total. The van der Waals surface area contributed by atoms with Crippen LogP contribution in [0.2, 0.25) is 5.02 Å². The van der Waals surface area contributed by atoms with Crippen LogP contribution in [-0.4, -0.2) is 12.5 Å². The van der Waals surface area contributed by atoms with Crippen LogP contribution in [0.15, 0.2) is 18.2 Å². The number of nitrogens with zero attached hydrogens (tertiary/aromatic N) is 1. The van der Waals surface area contributed by atoms with Crippen LogP contribution in [0.3, 0.4) is 0 Å². The summed E-state index contributed by atoms with van der Waals surface area (Å²) in [4.78, 5) is 10.5. The van der Waals surface area contributed by atoms with Crippen molar-refractivity contribution in [3.63, 3.8) is 0 Å². The van der Waals surface area contributed by atoms with Crippen LogP contribution in [0.1, 0.15) is 0 Å². The van der Waals surface area contributed by atoms with E-state index in [0.29, 0.717) is 5.02 Å². The third-order valence-corrected chi connectivity index (χ3v) is 1.98. The van der Waals surface area contributed by atoms with E-state index in [9.17, 15) is 9.28 Å². The van der Waals surface area contributed by atoms with E-state index in [1.807, 2.05) is 0 Å². The fourth-order valence-corrected chi connectivity index (χ4v) is 1.16. The maximum Gasteiger partial charge on any atom is 0.349 e. The Morgan fingerprint density at radius 2 is 2.21 bits per heavy atom. The van der Waals surface area contributed by atoms with Crippen molar-refractivity contribution >= 4 is 34.3 Å². The van der Waals surface area contributed by atoms with Crippen molar-refractivity contribution in [3.05, 3.63) is 23.2 Å². The van der Waals surface area contributed by atoms with Gasteiger partial charge in [0.1, 0.15) is 5.75 Å². The third-order valence-electron chi connectivity index (χ3n) is 1.52. The lowest BCUT2D eigenvalue weighted by Gasteiger charge is -2.10. The van der Waals surface area contributed by atoms with Gasteiger partial charge in [0.05, 0.1) is 17.8 Å². The largest absolute Gasteiger partial charge is 0.495 e. The number of hydrogen-bond donors (Lipinski definition) is 0. The van der Waals surface area contributed by atoms with E-state index < -0.39 is 5.37 Å². The Labute approximate surface area is 89.9 Å². The van der Waals surface area contributed by atoms with E-state index in [1.165, 1.54) is 25.3 Å². The predicted octanol–water partition coefficient (Wildman–Crippen LogP) is 3.40.